The number of sulfonamides is 1. The molecule has 0 saturated heterocycles. The first-order chi connectivity index (χ1) is 8.32. The first-order valence-electron chi connectivity index (χ1n) is 6.18. The van der Waals surface area contributed by atoms with Crippen LogP contribution in [0, 0.1) is 6.92 Å². The van der Waals surface area contributed by atoms with E-state index in [2.05, 4.69) is 0 Å². The Morgan fingerprint density at radius 3 is 2.22 bits per heavy atom. The fourth-order valence-electron chi connectivity index (χ4n) is 2.09. The summed E-state index contributed by atoms with van der Waals surface area (Å²) in [5.74, 6) is 0. The highest BCUT2D eigenvalue weighted by molar-refractivity contribution is 7.89. The first-order valence-corrected chi connectivity index (χ1v) is 7.62. The summed E-state index contributed by atoms with van der Waals surface area (Å²) in [5.41, 5.74) is 7.05. The second-order valence-electron chi connectivity index (χ2n) is 4.57. The maximum absolute atomic E-state index is 12.5. The molecule has 0 unspecified atom stereocenters. The number of hydrogen-bond acceptors (Lipinski definition) is 3. The smallest absolute Gasteiger partial charge is 0.243 e. The number of benzene rings is 1. The van der Waals surface area contributed by atoms with Gasteiger partial charge in [0.15, 0.2) is 0 Å². The Kier molecular flexibility index (Phi) is 4.76. The predicted molar refractivity (Wildman–Crippen MR) is 74.9 cm³/mol. The Morgan fingerprint density at radius 2 is 1.78 bits per heavy atom. The standard InChI is InChI=1S/C13H22N2O2S/c1-5-12(6-2)15(4)18(16,17)13-8-10(3)7-11(14)9-13/h7-9,12H,5-6,14H2,1-4H3. The van der Waals surface area contributed by atoms with Gasteiger partial charge < -0.3 is 5.73 Å². The van der Waals surface area contributed by atoms with Gasteiger partial charge in [-0.1, -0.05) is 13.8 Å². The molecule has 2 N–H and O–H groups in total. The van der Waals surface area contributed by atoms with Crippen molar-refractivity contribution in [3.8, 4) is 0 Å². The second kappa shape index (κ2) is 5.71. The van der Waals surface area contributed by atoms with E-state index in [-0.39, 0.29) is 10.9 Å². The number of hydrogen-bond donors (Lipinski definition) is 1. The zero-order valence-electron chi connectivity index (χ0n) is 11.5. The topological polar surface area (TPSA) is 63.4 Å². The molecule has 0 amide bonds. The van der Waals surface area contributed by atoms with Crippen LogP contribution in [-0.2, 0) is 10.0 Å². The fourth-order valence-corrected chi connectivity index (χ4v) is 3.73. The molecule has 0 radical (unpaired) electrons. The molecule has 0 aromatic heterocycles. The maximum Gasteiger partial charge on any atom is 0.243 e. The number of nitrogens with zero attached hydrogens (tertiary/aromatic N) is 1. The molecule has 0 fully saturated rings. The van der Waals surface area contributed by atoms with Crippen molar-refractivity contribution in [2.75, 3.05) is 12.8 Å². The lowest BCUT2D eigenvalue weighted by molar-refractivity contribution is 0.349. The van der Waals surface area contributed by atoms with Crippen molar-refractivity contribution in [2.24, 2.45) is 0 Å². The molecule has 0 aliphatic carbocycles. The number of nitrogen functional groups attached to an aromatic ring is 1. The van der Waals surface area contributed by atoms with Crippen molar-refractivity contribution in [2.45, 2.75) is 44.6 Å². The van der Waals surface area contributed by atoms with Crippen LogP contribution >= 0.6 is 0 Å². The van der Waals surface area contributed by atoms with Crippen LogP contribution in [0.15, 0.2) is 23.1 Å². The zero-order valence-corrected chi connectivity index (χ0v) is 12.3. The van der Waals surface area contributed by atoms with E-state index in [0.29, 0.717) is 5.69 Å². The molecule has 0 aliphatic rings. The van der Waals surface area contributed by atoms with E-state index in [4.69, 9.17) is 5.73 Å². The average Bonchev–Trinajstić information content (AvgIpc) is 2.29. The van der Waals surface area contributed by atoms with Gasteiger partial charge in [-0.15, -0.1) is 0 Å². The van der Waals surface area contributed by atoms with Gasteiger partial charge in [-0.3, -0.25) is 0 Å². The molecule has 4 nitrogen and oxygen atoms in total. The lowest BCUT2D eigenvalue weighted by atomic mass is 10.2. The van der Waals surface area contributed by atoms with Crippen molar-refractivity contribution in [1.82, 2.24) is 4.31 Å². The summed E-state index contributed by atoms with van der Waals surface area (Å²) < 4.78 is 26.4. The average molecular weight is 270 g/mol. The highest BCUT2D eigenvalue weighted by atomic mass is 32.2. The summed E-state index contributed by atoms with van der Waals surface area (Å²) >= 11 is 0. The molecular formula is C13H22N2O2S. The molecule has 102 valence electrons. The maximum atomic E-state index is 12.5. The number of rotatable bonds is 5. The minimum Gasteiger partial charge on any atom is -0.399 e. The molecule has 1 rings (SSSR count). The van der Waals surface area contributed by atoms with E-state index < -0.39 is 10.0 Å². The molecule has 0 bridgehead atoms. The Balaban J connectivity index is 3.20. The van der Waals surface area contributed by atoms with Crippen LogP contribution in [0.2, 0.25) is 0 Å². The van der Waals surface area contributed by atoms with Crippen molar-refractivity contribution in [3.05, 3.63) is 23.8 Å². The Morgan fingerprint density at radius 1 is 1.22 bits per heavy atom. The second-order valence-corrected chi connectivity index (χ2v) is 6.57. The zero-order chi connectivity index (χ0) is 13.9. The summed E-state index contributed by atoms with van der Waals surface area (Å²) in [6.07, 6.45) is 1.60. The van der Waals surface area contributed by atoms with Gasteiger partial charge >= 0.3 is 0 Å². The first kappa shape index (κ1) is 15.0. The van der Waals surface area contributed by atoms with E-state index in [1.807, 2.05) is 20.8 Å². The monoisotopic (exact) mass is 270 g/mol. The highest BCUT2D eigenvalue weighted by Gasteiger charge is 2.26. The summed E-state index contributed by atoms with van der Waals surface area (Å²) in [4.78, 5) is 0.273. The van der Waals surface area contributed by atoms with E-state index in [1.54, 1.807) is 19.2 Å². The lowest BCUT2D eigenvalue weighted by Crippen LogP contribution is -2.36. The van der Waals surface area contributed by atoms with Gasteiger partial charge in [0.1, 0.15) is 0 Å². The summed E-state index contributed by atoms with van der Waals surface area (Å²) in [7, 11) is -1.82. The van der Waals surface area contributed by atoms with Gasteiger partial charge in [-0.05, 0) is 43.5 Å². The van der Waals surface area contributed by atoms with E-state index >= 15 is 0 Å². The fraction of sp³-hybridized carbons (Fsp3) is 0.538. The van der Waals surface area contributed by atoms with Crippen molar-refractivity contribution in [3.63, 3.8) is 0 Å². The lowest BCUT2D eigenvalue weighted by Gasteiger charge is -2.25. The molecule has 0 aliphatic heterocycles. The quantitative estimate of drug-likeness (QED) is 0.836. The van der Waals surface area contributed by atoms with Crippen molar-refractivity contribution in [1.29, 1.82) is 0 Å². The van der Waals surface area contributed by atoms with Crippen LogP contribution in [0.5, 0.6) is 0 Å². The van der Waals surface area contributed by atoms with Gasteiger partial charge in [-0.25, -0.2) is 8.42 Å². The molecule has 0 atom stereocenters. The van der Waals surface area contributed by atoms with E-state index in [0.717, 1.165) is 18.4 Å². The van der Waals surface area contributed by atoms with Crippen LogP contribution in [0.1, 0.15) is 32.3 Å². The number of nitrogens with two attached hydrogens (primary N) is 1. The highest BCUT2D eigenvalue weighted by Crippen LogP contribution is 2.22. The van der Waals surface area contributed by atoms with Crippen molar-refractivity contribution < 1.29 is 8.42 Å². The third-order valence-electron chi connectivity index (χ3n) is 3.21. The van der Waals surface area contributed by atoms with E-state index in [1.165, 1.54) is 10.4 Å². The molecular weight excluding hydrogens is 248 g/mol. The Labute approximate surface area is 110 Å². The van der Waals surface area contributed by atoms with Gasteiger partial charge in [0.25, 0.3) is 0 Å². The van der Waals surface area contributed by atoms with Gasteiger partial charge in [0.05, 0.1) is 4.90 Å². The molecule has 0 spiro atoms. The van der Waals surface area contributed by atoms with Crippen molar-refractivity contribution >= 4 is 15.7 Å². The van der Waals surface area contributed by atoms with E-state index in [9.17, 15) is 8.42 Å². The molecule has 1 aromatic rings. The third-order valence-corrected chi connectivity index (χ3v) is 5.09. The number of anilines is 1. The summed E-state index contributed by atoms with van der Waals surface area (Å²) in [6.45, 7) is 5.82. The largest absolute Gasteiger partial charge is 0.399 e. The number of aryl methyl sites for hydroxylation is 1. The minimum atomic E-state index is -3.45. The molecule has 1 aromatic carbocycles. The SMILES string of the molecule is CCC(CC)N(C)S(=O)(=O)c1cc(C)cc(N)c1. The molecule has 18 heavy (non-hydrogen) atoms. The molecule has 0 heterocycles. The predicted octanol–water partition coefficient (Wildman–Crippen LogP) is 2.39. The van der Waals surface area contributed by atoms with Crippen LogP contribution in [-0.4, -0.2) is 25.8 Å². The normalized spacial score (nSPS) is 12.3. The van der Waals surface area contributed by atoms with Crippen LogP contribution in [0.4, 0.5) is 5.69 Å². The van der Waals surface area contributed by atoms with Gasteiger partial charge in [-0.2, -0.15) is 4.31 Å². The van der Waals surface area contributed by atoms with Crippen LogP contribution in [0.3, 0.4) is 0 Å². The van der Waals surface area contributed by atoms with Gasteiger partial charge in [0, 0.05) is 18.8 Å². The van der Waals surface area contributed by atoms with Crippen LogP contribution < -0.4 is 5.73 Å². The summed E-state index contributed by atoms with van der Waals surface area (Å²) in [5, 5.41) is 0. The third kappa shape index (κ3) is 3.03. The molecule has 5 heteroatoms. The molecule has 0 saturated carbocycles. The summed E-state index contributed by atoms with van der Waals surface area (Å²) in [6, 6.07) is 4.96. The van der Waals surface area contributed by atoms with Gasteiger partial charge in [0.2, 0.25) is 10.0 Å². The Bertz CT molecular complexity index is 487. The Hall–Kier alpha value is -1.07. The van der Waals surface area contributed by atoms with Crippen LogP contribution in [0.25, 0.3) is 0 Å². The minimum absolute atomic E-state index is 0.0248.